The quantitative estimate of drug-likeness (QED) is 0.822. The van der Waals surface area contributed by atoms with Gasteiger partial charge in [-0.05, 0) is 39.3 Å². The van der Waals surface area contributed by atoms with E-state index in [1.165, 1.54) is 0 Å². The van der Waals surface area contributed by atoms with Crippen LogP contribution in [-0.4, -0.2) is 60.7 Å². The highest BCUT2D eigenvalue weighted by Gasteiger charge is 2.32. The van der Waals surface area contributed by atoms with Crippen LogP contribution in [0, 0.1) is 0 Å². The minimum Gasteiger partial charge on any atom is -0.491 e. The number of piperidine rings is 1. The first kappa shape index (κ1) is 18.2. The molecule has 1 aromatic rings. The van der Waals surface area contributed by atoms with Crippen molar-refractivity contribution in [3.05, 3.63) is 29.8 Å². The van der Waals surface area contributed by atoms with E-state index in [9.17, 15) is 4.79 Å². The molecular weight excluding hydrogens is 316 g/mol. The van der Waals surface area contributed by atoms with E-state index < -0.39 is 0 Å². The fourth-order valence-corrected chi connectivity index (χ4v) is 3.68. The Morgan fingerprint density at radius 3 is 2.72 bits per heavy atom. The second kappa shape index (κ2) is 8.68. The molecule has 2 fully saturated rings. The maximum absolute atomic E-state index is 13.0. The summed E-state index contributed by atoms with van der Waals surface area (Å²) in [6.07, 6.45) is 3.37. The molecule has 1 atom stereocenters. The van der Waals surface area contributed by atoms with Crippen LogP contribution in [0.1, 0.15) is 38.7 Å². The molecule has 2 aliphatic heterocycles. The Morgan fingerprint density at radius 2 is 1.96 bits per heavy atom. The third kappa shape index (κ3) is 4.73. The number of carbonyl (C=O) groups is 1. The number of likely N-dealkylation sites (tertiary alicyclic amines) is 1. The summed E-state index contributed by atoms with van der Waals surface area (Å²) in [5, 5.41) is 0. The lowest BCUT2D eigenvalue weighted by molar-refractivity contribution is -0.142. The van der Waals surface area contributed by atoms with Gasteiger partial charge in [0.05, 0.1) is 25.4 Å². The monoisotopic (exact) mass is 346 g/mol. The lowest BCUT2D eigenvalue weighted by Gasteiger charge is -2.39. The molecule has 2 aliphatic rings. The Balaban J connectivity index is 1.72. The standard InChI is InChI=1S/C20H30N2O3/c1-16(2)25-19-9-4-3-7-17(19)15-22-10-6-5-8-18(22)20(23)21-11-13-24-14-12-21/h3-4,7,9,16,18H,5-6,8,10-15H2,1-2H3. The Bertz CT molecular complexity index is 570. The van der Waals surface area contributed by atoms with E-state index in [-0.39, 0.29) is 18.1 Å². The van der Waals surface area contributed by atoms with Gasteiger partial charge in [0.25, 0.3) is 0 Å². The van der Waals surface area contributed by atoms with Gasteiger partial charge in [-0.1, -0.05) is 24.6 Å². The van der Waals surface area contributed by atoms with Gasteiger partial charge < -0.3 is 14.4 Å². The lowest BCUT2D eigenvalue weighted by atomic mass is 9.99. The van der Waals surface area contributed by atoms with Crippen LogP contribution in [0.25, 0.3) is 0 Å². The highest BCUT2D eigenvalue weighted by Crippen LogP contribution is 2.26. The van der Waals surface area contributed by atoms with E-state index in [1.54, 1.807) is 0 Å². The molecule has 0 bridgehead atoms. The molecule has 0 radical (unpaired) electrons. The molecule has 5 nitrogen and oxygen atoms in total. The minimum absolute atomic E-state index is 0.0149. The smallest absolute Gasteiger partial charge is 0.240 e. The van der Waals surface area contributed by atoms with E-state index in [0.717, 1.165) is 56.8 Å². The van der Waals surface area contributed by atoms with Crippen LogP contribution in [0.4, 0.5) is 0 Å². The van der Waals surface area contributed by atoms with Crippen LogP contribution in [0.15, 0.2) is 24.3 Å². The molecule has 0 aliphatic carbocycles. The van der Waals surface area contributed by atoms with E-state index in [1.807, 2.05) is 36.9 Å². The largest absolute Gasteiger partial charge is 0.491 e. The molecule has 138 valence electrons. The Hall–Kier alpha value is -1.59. The van der Waals surface area contributed by atoms with Crippen LogP contribution in [0.3, 0.4) is 0 Å². The molecule has 0 saturated carbocycles. The minimum atomic E-state index is -0.0149. The third-order valence-electron chi connectivity index (χ3n) is 4.93. The molecule has 2 heterocycles. The van der Waals surface area contributed by atoms with Gasteiger partial charge in [0.2, 0.25) is 5.91 Å². The van der Waals surface area contributed by atoms with Gasteiger partial charge in [-0.25, -0.2) is 0 Å². The molecule has 1 unspecified atom stereocenters. The summed E-state index contributed by atoms with van der Waals surface area (Å²) >= 11 is 0. The first-order valence-corrected chi connectivity index (χ1v) is 9.50. The molecule has 1 amide bonds. The van der Waals surface area contributed by atoms with Crippen molar-refractivity contribution < 1.29 is 14.3 Å². The van der Waals surface area contributed by atoms with Crippen LogP contribution in [-0.2, 0) is 16.1 Å². The molecular formula is C20H30N2O3. The van der Waals surface area contributed by atoms with E-state index >= 15 is 0 Å². The molecule has 2 saturated heterocycles. The SMILES string of the molecule is CC(C)Oc1ccccc1CN1CCCCC1C(=O)N1CCOCC1. The van der Waals surface area contributed by atoms with Gasteiger partial charge in [0.1, 0.15) is 5.75 Å². The highest BCUT2D eigenvalue weighted by atomic mass is 16.5. The average Bonchev–Trinajstić information content (AvgIpc) is 2.63. The van der Waals surface area contributed by atoms with Crippen molar-refractivity contribution in [2.24, 2.45) is 0 Å². The van der Waals surface area contributed by atoms with E-state index in [4.69, 9.17) is 9.47 Å². The summed E-state index contributed by atoms with van der Waals surface area (Å²) in [5.74, 6) is 1.20. The molecule has 0 aromatic heterocycles. The molecule has 0 spiro atoms. The maximum Gasteiger partial charge on any atom is 0.240 e. The van der Waals surface area contributed by atoms with Crippen molar-refractivity contribution in [2.45, 2.75) is 51.8 Å². The molecule has 1 aromatic carbocycles. The first-order chi connectivity index (χ1) is 12.1. The number of hydrogen-bond donors (Lipinski definition) is 0. The Kier molecular flexibility index (Phi) is 6.32. The molecule has 0 N–H and O–H groups in total. The summed E-state index contributed by atoms with van der Waals surface area (Å²) in [6.45, 7) is 8.57. The van der Waals surface area contributed by atoms with Gasteiger partial charge in [-0.3, -0.25) is 9.69 Å². The van der Waals surface area contributed by atoms with Crippen LogP contribution in [0.2, 0.25) is 0 Å². The van der Waals surface area contributed by atoms with E-state index in [2.05, 4.69) is 11.0 Å². The molecule has 3 rings (SSSR count). The number of ether oxygens (including phenoxy) is 2. The van der Waals surface area contributed by atoms with Crippen molar-refractivity contribution in [3.8, 4) is 5.75 Å². The average molecular weight is 346 g/mol. The van der Waals surface area contributed by atoms with Crippen LogP contribution < -0.4 is 4.74 Å². The zero-order valence-electron chi connectivity index (χ0n) is 15.4. The lowest BCUT2D eigenvalue weighted by Crippen LogP contribution is -2.53. The fraction of sp³-hybridized carbons (Fsp3) is 0.650. The first-order valence-electron chi connectivity index (χ1n) is 9.50. The van der Waals surface area contributed by atoms with Gasteiger partial charge in [0, 0.05) is 25.2 Å². The van der Waals surface area contributed by atoms with Gasteiger partial charge in [-0.2, -0.15) is 0 Å². The zero-order chi connectivity index (χ0) is 17.6. The maximum atomic E-state index is 13.0. The second-order valence-electron chi connectivity index (χ2n) is 7.19. The summed E-state index contributed by atoms with van der Waals surface area (Å²) in [6, 6.07) is 8.18. The van der Waals surface area contributed by atoms with Crippen molar-refractivity contribution in [2.75, 3.05) is 32.8 Å². The van der Waals surface area contributed by atoms with Crippen molar-refractivity contribution >= 4 is 5.91 Å². The fourth-order valence-electron chi connectivity index (χ4n) is 3.68. The van der Waals surface area contributed by atoms with Crippen molar-refractivity contribution in [1.82, 2.24) is 9.80 Å². The topological polar surface area (TPSA) is 42.0 Å². The number of para-hydroxylation sites is 1. The number of amides is 1. The Morgan fingerprint density at radius 1 is 1.20 bits per heavy atom. The second-order valence-corrected chi connectivity index (χ2v) is 7.19. The summed E-state index contributed by atoms with van der Waals surface area (Å²) < 4.78 is 11.3. The predicted octanol–water partition coefficient (Wildman–Crippen LogP) is 2.69. The number of nitrogens with zero attached hydrogens (tertiary/aromatic N) is 2. The Labute approximate surface area is 150 Å². The van der Waals surface area contributed by atoms with Crippen molar-refractivity contribution in [1.29, 1.82) is 0 Å². The highest BCUT2D eigenvalue weighted by molar-refractivity contribution is 5.82. The van der Waals surface area contributed by atoms with E-state index in [0.29, 0.717) is 13.2 Å². The van der Waals surface area contributed by atoms with Crippen LogP contribution >= 0.6 is 0 Å². The number of morpholine rings is 1. The summed E-state index contributed by atoms with van der Waals surface area (Å²) in [7, 11) is 0. The molecule has 5 heteroatoms. The number of rotatable bonds is 5. The normalized spacial score (nSPS) is 22.2. The van der Waals surface area contributed by atoms with Crippen molar-refractivity contribution in [3.63, 3.8) is 0 Å². The molecule has 25 heavy (non-hydrogen) atoms. The number of benzene rings is 1. The summed E-state index contributed by atoms with van der Waals surface area (Å²) in [5.41, 5.74) is 1.16. The summed E-state index contributed by atoms with van der Waals surface area (Å²) in [4.78, 5) is 17.3. The van der Waals surface area contributed by atoms with Gasteiger partial charge >= 0.3 is 0 Å². The van der Waals surface area contributed by atoms with Gasteiger partial charge in [-0.15, -0.1) is 0 Å². The zero-order valence-corrected chi connectivity index (χ0v) is 15.4. The van der Waals surface area contributed by atoms with Gasteiger partial charge in [0.15, 0.2) is 0 Å². The third-order valence-corrected chi connectivity index (χ3v) is 4.93. The number of carbonyl (C=O) groups excluding carboxylic acids is 1. The predicted molar refractivity (Wildman–Crippen MR) is 97.7 cm³/mol. The van der Waals surface area contributed by atoms with Crippen LogP contribution in [0.5, 0.6) is 5.75 Å². The number of hydrogen-bond acceptors (Lipinski definition) is 4.